The lowest BCUT2D eigenvalue weighted by Gasteiger charge is -2.03. The second-order valence-corrected chi connectivity index (χ2v) is 3.95. The van der Waals surface area contributed by atoms with Gasteiger partial charge in [-0.15, -0.1) is 0 Å². The first kappa shape index (κ1) is 11.9. The summed E-state index contributed by atoms with van der Waals surface area (Å²) in [5, 5.41) is 4.30. The van der Waals surface area contributed by atoms with Gasteiger partial charge in [0.1, 0.15) is 6.10 Å². The molecule has 1 aromatic carbocycles. The molecule has 1 unspecified atom stereocenters. The van der Waals surface area contributed by atoms with Gasteiger partial charge in [-0.2, -0.15) is 4.98 Å². The molecule has 0 aliphatic carbocycles. The van der Waals surface area contributed by atoms with Crippen molar-refractivity contribution >= 4 is 17.3 Å². The van der Waals surface area contributed by atoms with E-state index in [0.717, 1.165) is 0 Å². The number of nitrogen functional groups attached to an aromatic ring is 1. The van der Waals surface area contributed by atoms with Gasteiger partial charge in [-0.1, -0.05) is 22.8 Å². The first-order valence-corrected chi connectivity index (χ1v) is 5.42. The standard InChI is InChI=1S/C11H12ClN3O2/c1-6(16-2)10-14-11(17-15-10)9-7(12)4-3-5-8(9)13/h3-6H,13H2,1-2H3. The van der Waals surface area contributed by atoms with Gasteiger partial charge in [-0.25, -0.2) is 0 Å². The molecule has 0 fully saturated rings. The van der Waals surface area contributed by atoms with Crippen LogP contribution in [0.1, 0.15) is 18.9 Å². The number of benzene rings is 1. The zero-order valence-electron chi connectivity index (χ0n) is 9.48. The fourth-order valence-corrected chi connectivity index (χ4v) is 1.64. The van der Waals surface area contributed by atoms with E-state index in [1.54, 1.807) is 25.3 Å². The van der Waals surface area contributed by atoms with Crippen LogP contribution in [0.4, 0.5) is 5.69 Å². The quantitative estimate of drug-likeness (QED) is 0.852. The molecule has 0 radical (unpaired) electrons. The van der Waals surface area contributed by atoms with E-state index in [-0.39, 0.29) is 6.10 Å². The van der Waals surface area contributed by atoms with E-state index < -0.39 is 0 Å². The molecule has 0 spiro atoms. The lowest BCUT2D eigenvalue weighted by molar-refractivity contribution is 0.109. The Bertz CT molecular complexity index is 507. The molecule has 2 aromatic rings. The molecule has 5 nitrogen and oxygen atoms in total. The van der Waals surface area contributed by atoms with Crippen molar-refractivity contribution in [1.82, 2.24) is 10.1 Å². The van der Waals surface area contributed by atoms with Gasteiger partial charge in [-0.05, 0) is 19.1 Å². The Morgan fingerprint density at radius 3 is 2.88 bits per heavy atom. The largest absolute Gasteiger partial charge is 0.398 e. The number of hydrogen-bond acceptors (Lipinski definition) is 5. The maximum absolute atomic E-state index is 6.05. The highest BCUT2D eigenvalue weighted by Gasteiger charge is 2.17. The summed E-state index contributed by atoms with van der Waals surface area (Å²) in [4.78, 5) is 4.21. The summed E-state index contributed by atoms with van der Waals surface area (Å²) < 4.78 is 10.2. The lowest BCUT2D eigenvalue weighted by atomic mass is 10.2. The van der Waals surface area contributed by atoms with Gasteiger partial charge in [0.15, 0.2) is 0 Å². The maximum atomic E-state index is 6.05. The van der Waals surface area contributed by atoms with Crippen LogP contribution in [0.5, 0.6) is 0 Å². The van der Waals surface area contributed by atoms with E-state index in [1.807, 2.05) is 6.92 Å². The van der Waals surface area contributed by atoms with Crippen LogP contribution >= 0.6 is 11.6 Å². The summed E-state index contributed by atoms with van der Waals surface area (Å²) in [5.41, 5.74) is 6.88. The number of hydrogen-bond donors (Lipinski definition) is 1. The molecule has 0 bridgehead atoms. The predicted octanol–water partition coefficient (Wildman–Crippen LogP) is 2.68. The second-order valence-electron chi connectivity index (χ2n) is 3.54. The molecule has 6 heteroatoms. The highest BCUT2D eigenvalue weighted by Crippen LogP contribution is 2.32. The van der Waals surface area contributed by atoms with Crippen LogP contribution in [0.3, 0.4) is 0 Å². The normalized spacial score (nSPS) is 12.6. The Labute approximate surface area is 104 Å². The number of rotatable bonds is 3. The molecular weight excluding hydrogens is 242 g/mol. The molecular formula is C11H12ClN3O2. The number of anilines is 1. The minimum atomic E-state index is -0.240. The average Bonchev–Trinajstić information content (AvgIpc) is 2.77. The van der Waals surface area contributed by atoms with Gasteiger partial charge in [0.25, 0.3) is 5.89 Å². The fraction of sp³-hybridized carbons (Fsp3) is 0.273. The van der Waals surface area contributed by atoms with Gasteiger partial charge in [0.2, 0.25) is 5.82 Å². The van der Waals surface area contributed by atoms with E-state index in [4.69, 9.17) is 26.6 Å². The highest BCUT2D eigenvalue weighted by atomic mass is 35.5. The molecule has 0 aliphatic rings. The molecule has 2 rings (SSSR count). The Balaban J connectivity index is 2.44. The van der Waals surface area contributed by atoms with Crippen LogP contribution in [-0.2, 0) is 4.74 Å². The van der Waals surface area contributed by atoms with E-state index in [1.165, 1.54) is 0 Å². The highest BCUT2D eigenvalue weighted by molar-refractivity contribution is 6.33. The minimum Gasteiger partial charge on any atom is -0.398 e. The number of ether oxygens (including phenoxy) is 1. The SMILES string of the molecule is COC(C)c1noc(-c2c(N)cccc2Cl)n1. The summed E-state index contributed by atoms with van der Waals surface area (Å²) in [6.45, 7) is 1.82. The Kier molecular flexibility index (Phi) is 3.31. The van der Waals surface area contributed by atoms with Crippen molar-refractivity contribution in [1.29, 1.82) is 0 Å². The van der Waals surface area contributed by atoms with Crippen LogP contribution < -0.4 is 5.73 Å². The number of nitrogens with zero attached hydrogens (tertiary/aromatic N) is 2. The Hall–Kier alpha value is -1.59. The minimum absolute atomic E-state index is 0.240. The molecule has 0 saturated heterocycles. The third kappa shape index (κ3) is 2.25. The second kappa shape index (κ2) is 4.73. The van der Waals surface area contributed by atoms with Crippen molar-refractivity contribution in [2.24, 2.45) is 0 Å². The molecule has 2 N–H and O–H groups in total. The molecule has 1 atom stereocenters. The van der Waals surface area contributed by atoms with Crippen molar-refractivity contribution < 1.29 is 9.26 Å². The number of methoxy groups -OCH3 is 1. The topological polar surface area (TPSA) is 74.2 Å². The lowest BCUT2D eigenvalue weighted by Crippen LogP contribution is -1.98. The summed E-state index contributed by atoms with van der Waals surface area (Å²) in [6.07, 6.45) is -0.240. The zero-order valence-corrected chi connectivity index (χ0v) is 10.2. The number of aromatic nitrogens is 2. The van der Waals surface area contributed by atoms with Crippen LogP contribution in [0.15, 0.2) is 22.7 Å². The maximum Gasteiger partial charge on any atom is 0.261 e. The van der Waals surface area contributed by atoms with Crippen molar-refractivity contribution in [3.8, 4) is 11.5 Å². The summed E-state index contributed by atoms with van der Waals surface area (Å²) in [5.74, 6) is 0.758. The van der Waals surface area contributed by atoms with Gasteiger partial charge >= 0.3 is 0 Å². The monoisotopic (exact) mass is 253 g/mol. The van der Waals surface area contributed by atoms with Crippen LogP contribution in [0, 0.1) is 0 Å². The predicted molar refractivity (Wildman–Crippen MR) is 64.6 cm³/mol. The number of nitrogens with two attached hydrogens (primary N) is 1. The molecule has 17 heavy (non-hydrogen) atoms. The third-order valence-electron chi connectivity index (χ3n) is 2.42. The summed E-state index contributed by atoms with van der Waals surface area (Å²) in [6, 6.07) is 5.21. The first-order valence-electron chi connectivity index (χ1n) is 5.04. The van der Waals surface area contributed by atoms with Crippen molar-refractivity contribution in [2.45, 2.75) is 13.0 Å². The fourth-order valence-electron chi connectivity index (χ4n) is 1.37. The van der Waals surface area contributed by atoms with E-state index in [2.05, 4.69) is 10.1 Å². The molecule has 1 aromatic heterocycles. The van der Waals surface area contributed by atoms with Crippen molar-refractivity contribution in [3.05, 3.63) is 29.0 Å². The van der Waals surface area contributed by atoms with Crippen molar-refractivity contribution in [3.63, 3.8) is 0 Å². The Morgan fingerprint density at radius 2 is 2.24 bits per heavy atom. The third-order valence-corrected chi connectivity index (χ3v) is 2.73. The summed E-state index contributed by atoms with van der Waals surface area (Å²) in [7, 11) is 1.57. The van der Waals surface area contributed by atoms with Crippen LogP contribution in [-0.4, -0.2) is 17.3 Å². The van der Waals surface area contributed by atoms with E-state index in [9.17, 15) is 0 Å². The van der Waals surface area contributed by atoms with E-state index in [0.29, 0.717) is 28.0 Å². The Morgan fingerprint density at radius 1 is 1.47 bits per heavy atom. The van der Waals surface area contributed by atoms with Gasteiger partial charge in [0, 0.05) is 12.8 Å². The smallest absolute Gasteiger partial charge is 0.261 e. The molecule has 1 heterocycles. The zero-order chi connectivity index (χ0) is 12.4. The van der Waals surface area contributed by atoms with Crippen LogP contribution in [0.2, 0.25) is 5.02 Å². The van der Waals surface area contributed by atoms with E-state index >= 15 is 0 Å². The van der Waals surface area contributed by atoms with Gasteiger partial charge in [0.05, 0.1) is 10.6 Å². The van der Waals surface area contributed by atoms with Gasteiger partial charge < -0.3 is 15.0 Å². The molecule has 0 aliphatic heterocycles. The van der Waals surface area contributed by atoms with Crippen LogP contribution in [0.25, 0.3) is 11.5 Å². The summed E-state index contributed by atoms with van der Waals surface area (Å²) >= 11 is 6.05. The molecule has 0 amide bonds. The molecule has 90 valence electrons. The van der Waals surface area contributed by atoms with Crippen molar-refractivity contribution in [2.75, 3.05) is 12.8 Å². The van der Waals surface area contributed by atoms with Gasteiger partial charge in [-0.3, -0.25) is 0 Å². The first-order chi connectivity index (χ1) is 8.13. The molecule has 0 saturated carbocycles. The number of halogens is 1. The average molecular weight is 254 g/mol.